The SMILES string of the molecule is CC(C)(C)OC(=O)Nc1ccc2[nH]c(-c3ccccc3)cc2c1. The molecule has 0 bridgehead atoms. The molecule has 1 amide bonds. The number of carbonyl (C=O) groups is 1. The van der Waals surface area contributed by atoms with Crippen molar-refractivity contribution in [3.05, 3.63) is 54.6 Å². The van der Waals surface area contributed by atoms with E-state index in [0.29, 0.717) is 5.69 Å². The Hall–Kier alpha value is -2.75. The topological polar surface area (TPSA) is 54.1 Å². The number of anilines is 1. The van der Waals surface area contributed by atoms with Gasteiger partial charge in [-0.3, -0.25) is 5.32 Å². The molecule has 0 radical (unpaired) electrons. The highest BCUT2D eigenvalue weighted by Gasteiger charge is 2.16. The molecular formula is C19H20N2O2. The highest BCUT2D eigenvalue weighted by molar-refractivity contribution is 5.92. The zero-order chi connectivity index (χ0) is 16.4. The van der Waals surface area contributed by atoms with Gasteiger partial charge in [-0.05, 0) is 50.6 Å². The monoisotopic (exact) mass is 308 g/mol. The van der Waals surface area contributed by atoms with Crippen molar-refractivity contribution in [1.82, 2.24) is 4.98 Å². The number of H-pyrrole nitrogens is 1. The number of hydrogen-bond donors (Lipinski definition) is 2. The summed E-state index contributed by atoms with van der Waals surface area (Å²) in [5.41, 5.74) is 3.41. The van der Waals surface area contributed by atoms with Crippen LogP contribution in [0.4, 0.5) is 10.5 Å². The first-order valence-electron chi connectivity index (χ1n) is 7.59. The predicted molar refractivity (Wildman–Crippen MR) is 93.6 cm³/mol. The quantitative estimate of drug-likeness (QED) is 0.685. The van der Waals surface area contributed by atoms with Crippen LogP contribution in [-0.2, 0) is 4.74 Å². The number of benzene rings is 2. The molecule has 0 aliphatic heterocycles. The van der Waals surface area contributed by atoms with E-state index in [1.54, 1.807) is 0 Å². The summed E-state index contributed by atoms with van der Waals surface area (Å²) < 4.78 is 5.27. The van der Waals surface area contributed by atoms with Crippen LogP contribution in [0.1, 0.15) is 20.8 Å². The van der Waals surface area contributed by atoms with Gasteiger partial charge in [-0.2, -0.15) is 0 Å². The molecule has 4 heteroatoms. The lowest BCUT2D eigenvalue weighted by Crippen LogP contribution is -2.27. The number of ether oxygens (including phenoxy) is 1. The third-order valence-corrected chi connectivity index (χ3v) is 3.35. The molecular weight excluding hydrogens is 288 g/mol. The summed E-state index contributed by atoms with van der Waals surface area (Å²) in [6.45, 7) is 5.52. The van der Waals surface area contributed by atoms with Crippen molar-refractivity contribution in [2.75, 3.05) is 5.32 Å². The number of carbonyl (C=O) groups excluding carboxylic acids is 1. The number of aromatic amines is 1. The van der Waals surface area contributed by atoms with Gasteiger partial charge in [-0.25, -0.2) is 4.79 Å². The van der Waals surface area contributed by atoms with Crippen molar-refractivity contribution in [2.45, 2.75) is 26.4 Å². The fraction of sp³-hybridized carbons (Fsp3) is 0.211. The Labute approximate surface area is 135 Å². The van der Waals surface area contributed by atoms with Crippen molar-refractivity contribution < 1.29 is 9.53 Å². The van der Waals surface area contributed by atoms with E-state index < -0.39 is 11.7 Å². The highest BCUT2D eigenvalue weighted by Crippen LogP contribution is 2.26. The van der Waals surface area contributed by atoms with Crippen molar-refractivity contribution in [3.63, 3.8) is 0 Å². The fourth-order valence-electron chi connectivity index (χ4n) is 2.41. The standard InChI is InChI=1S/C19H20N2O2/c1-19(2,3)23-18(22)20-15-9-10-16-14(11-15)12-17(21-16)13-7-5-4-6-8-13/h4-12,21H,1-3H3,(H,20,22). The van der Waals surface area contributed by atoms with Crippen LogP contribution < -0.4 is 5.32 Å². The zero-order valence-corrected chi connectivity index (χ0v) is 13.5. The number of aromatic nitrogens is 1. The summed E-state index contributed by atoms with van der Waals surface area (Å²) >= 11 is 0. The van der Waals surface area contributed by atoms with Gasteiger partial charge in [0.15, 0.2) is 0 Å². The average Bonchev–Trinajstić information content (AvgIpc) is 2.89. The number of amides is 1. The van der Waals surface area contributed by atoms with E-state index in [0.717, 1.165) is 22.2 Å². The minimum Gasteiger partial charge on any atom is -0.444 e. The molecule has 1 aromatic heterocycles. The number of nitrogens with one attached hydrogen (secondary N) is 2. The van der Waals surface area contributed by atoms with Crippen LogP contribution in [0.2, 0.25) is 0 Å². The summed E-state index contributed by atoms with van der Waals surface area (Å²) in [6, 6.07) is 18.0. The molecule has 0 unspecified atom stereocenters. The molecule has 0 fully saturated rings. The van der Waals surface area contributed by atoms with Gasteiger partial charge in [0.25, 0.3) is 0 Å². The number of fused-ring (bicyclic) bond motifs is 1. The van der Waals surface area contributed by atoms with Gasteiger partial charge >= 0.3 is 6.09 Å². The average molecular weight is 308 g/mol. The lowest BCUT2D eigenvalue weighted by molar-refractivity contribution is 0.0636. The van der Waals surface area contributed by atoms with Crippen LogP contribution in [0.15, 0.2) is 54.6 Å². The number of rotatable bonds is 2. The summed E-state index contributed by atoms with van der Waals surface area (Å²) in [4.78, 5) is 15.2. The molecule has 118 valence electrons. The highest BCUT2D eigenvalue weighted by atomic mass is 16.6. The Balaban J connectivity index is 1.84. The van der Waals surface area contributed by atoms with Gasteiger partial charge < -0.3 is 9.72 Å². The van der Waals surface area contributed by atoms with E-state index >= 15 is 0 Å². The summed E-state index contributed by atoms with van der Waals surface area (Å²) in [5.74, 6) is 0. The molecule has 23 heavy (non-hydrogen) atoms. The van der Waals surface area contributed by atoms with Gasteiger partial charge in [-0.15, -0.1) is 0 Å². The molecule has 0 aliphatic rings. The van der Waals surface area contributed by atoms with E-state index in [1.807, 2.05) is 57.2 Å². The third kappa shape index (κ3) is 3.72. The third-order valence-electron chi connectivity index (χ3n) is 3.35. The second-order valence-corrected chi connectivity index (χ2v) is 6.48. The molecule has 0 spiro atoms. The van der Waals surface area contributed by atoms with Crippen molar-refractivity contribution in [1.29, 1.82) is 0 Å². The van der Waals surface area contributed by atoms with Gasteiger partial charge in [-0.1, -0.05) is 30.3 Å². The van der Waals surface area contributed by atoms with Crippen LogP contribution in [-0.4, -0.2) is 16.7 Å². The molecule has 0 saturated heterocycles. The lowest BCUT2D eigenvalue weighted by atomic mass is 10.1. The van der Waals surface area contributed by atoms with E-state index in [1.165, 1.54) is 0 Å². The maximum Gasteiger partial charge on any atom is 0.412 e. The largest absolute Gasteiger partial charge is 0.444 e. The second kappa shape index (κ2) is 5.80. The van der Waals surface area contributed by atoms with Crippen molar-refractivity contribution in [3.8, 4) is 11.3 Å². The smallest absolute Gasteiger partial charge is 0.412 e. The minimum absolute atomic E-state index is 0.448. The molecule has 1 heterocycles. The Kier molecular flexibility index (Phi) is 3.82. The molecule has 2 aromatic carbocycles. The van der Waals surface area contributed by atoms with E-state index in [-0.39, 0.29) is 0 Å². The number of hydrogen-bond acceptors (Lipinski definition) is 2. The van der Waals surface area contributed by atoms with Gasteiger partial charge in [0.2, 0.25) is 0 Å². The second-order valence-electron chi connectivity index (χ2n) is 6.48. The molecule has 0 saturated carbocycles. The first-order valence-corrected chi connectivity index (χ1v) is 7.59. The summed E-state index contributed by atoms with van der Waals surface area (Å²) in [5, 5.41) is 3.80. The predicted octanol–water partition coefficient (Wildman–Crippen LogP) is 5.18. The summed E-state index contributed by atoms with van der Waals surface area (Å²) in [6.07, 6.45) is -0.448. The Bertz CT molecular complexity index is 829. The van der Waals surface area contributed by atoms with Crippen LogP contribution in [0.3, 0.4) is 0 Å². The van der Waals surface area contributed by atoms with Crippen LogP contribution in [0, 0.1) is 0 Å². The lowest BCUT2D eigenvalue weighted by Gasteiger charge is -2.19. The van der Waals surface area contributed by atoms with E-state index in [2.05, 4.69) is 28.5 Å². The van der Waals surface area contributed by atoms with Gasteiger partial charge in [0, 0.05) is 22.3 Å². The van der Waals surface area contributed by atoms with Crippen LogP contribution in [0.5, 0.6) is 0 Å². The molecule has 0 atom stereocenters. The first kappa shape index (κ1) is 15.2. The Morgan fingerprint density at radius 2 is 1.78 bits per heavy atom. The molecule has 4 nitrogen and oxygen atoms in total. The first-order chi connectivity index (χ1) is 10.9. The van der Waals surface area contributed by atoms with Crippen molar-refractivity contribution >= 4 is 22.7 Å². The molecule has 0 aliphatic carbocycles. The van der Waals surface area contributed by atoms with Crippen molar-refractivity contribution in [2.24, 2.45) is 0 Å². The van der Waals surface area contributed by atoms with Gasteiger partial charge in [0.05, 0.1) is 0 Å². The summed E-state index contributed by atoms with van der Waals surface area (Å²) in [7, 11) is 0. The Morgan fingerprint density at radius 3 is 2.48 bits per heavy atom. The maximum atomic E-state index is 11.8. The Morgan fingerprint density at radius 1 is 1.04 bits per heavy atom. The minimum atomic E-state index is -0.511. The van der Waals surface area contributed by atoms with Gasteiger partial charge in [0.1, 0.15) is 5.60 Å². The molecule has 2 N–H and O–H groups in total. The fourth-order valence-corrected chi connectivity index (χ4v) is 2.41. The maximum absolute atomic E-state index is 11.8. The van der Waals surface area contributed by atoms with E-state index in [4.69, 9.17) is 4.74 Å². The normalized spacial score (nSPS) is 11.4. The molecule has 3 rings (SSSR count). The zero-order valence-electron chi connectivity index (χ0n) is 13.5. The molecule has 3 aromatic rings. The van der Waals surface area contributed by atoms with E-state index in [9.17, 15) is 4.79 Å². The van der Waals surface area contributed by atoms with Crippen LogP contribution in [0.25, 0.3) is 22.2 Å². The van der Waals surface area contributed by atoms with Crippen LogP contribution >= 0.6 is 0 Å².